The van der Waals surface area contributed by atoms with Crippen LogP contribution in [0.4, 0.5) is 0 Å². The molecular formula is C9H10O2S. The summed E-state index contributed by atoms with van der Waals surface area (Å²) < 4.78 is 0. The first-order valence-electron chi connectivity index (χ1n) is 3.60. The van der Waals surface area contributed by atoms with Crippen molar-refractivity contribution in [3.8, 4) is 5.75 Å². The van der Waals surface area contributed by atoms with Crippen LogP contribution < -0.4 is 0 Å². The Morgan fingerprint density at radius 3 is 2.50 bits per heavy atom. The van der Waals surface area contributed by atoms with Crippen LogP contribution >= 0.6 is 11.8 Å². The molecule has 0 fully saturated rings. The quantitative estimate of drug-likeness (QED) is 0.761. The van der Waals surface area contributed by atoms with E-state index >= 15 is 0 Å². The van der Waals surface area contributed by atoms with Gasteiger partial charge in [-0.3, -0.25) is 4.79 Å². The van der Waals surface area contributed by atoms with Gasteiger partial charge in [0.2, 0.25) is 0 Å². The molecule has 0 saturated heterocycles. The Bertz CT molecular complexity index is 266. The standard InChI is InChI=1S/C9H10O2S/c1-7(10)12-6-8-2-4-9(11)5-3-8/h2-5,11H,6H2,1H3. The molecule has 0 amide bonds. The van der Waals surface area contributed by atoms with Crippen molar-refractivity contribution in [1.82, 2.24) is 0 Å². The second-order valence-corrected chi connectivity index (χ2v) is 3.60. The van der Waals surface area contributed by atoms with Crippen molar-refractivity contribution in [3.63, 3.8) is 0 Å². The summed E-state index contributed by atoms with van der Waals surface area (Å²) in [6, 6.07) is 6.86. The molecular weight excluding hydrogens is 172 g/mol. The van der Waals surface area contributed by atoms with E-state index in [9.17, 15) is 4.79 Å². The number of carbonyl (C=O) groups is 1. The van der Waals surface area contributed by atoms with Gasteiger partial charge >= 0.3 is 0 Å². The van der Waals surface area contributed by atoms with E-state index in [1.165, 1.54) is 11.8 Å². The van der Waals surface area contributed by atoms with Gasteiger partial charge in [0.15, 0.2) is 5.12 Å². The van der Waals surface area contributed by atoms with Gasteiger partial charge in [0.05, 0.1) is 0 Å². The fraction of sp³-hybridized carbons (Fsp3) is 0.222. The predicted molar refractivity (Wildman–Crippen MR) is 50.1 cm³/mol. The van der Waals surface area contributed by atoms with Gasteiger partial charge in [0.1, 0.15) is 5.75 Å². The van der Waals surface area contributed by atoms with Gasteiger partial charge in [-0.2, -0.15) is 0 Å². The summed E-state index contributed by atoms with van der Waals surface area (Å²) >= 11 is 1.27. The maximum atomic E-state index is 10.6. The topological polar surface area (TPSA) is 37.3 Å². The molecule has 1 aromatic rings. The molecule has 1 aromatic carbocycles. The van der Waals surface area contributed by atoms with Crippen LogP contribution in [0.3, 0.4) is 0 Å². The first-order valence-corrected chi connectivity index (χ1v) is 4.58. The summed E-state index contributed by atoms with van der Waals surface area (Å²) in [5.74, 6) is 0.932. The molecule has 0 aromatic heterocycles. The minimum absolute atomic E-state index is 0.114. The summed E-state index contributed by atoms with van der Waals surface area (Å²) in [4.78, 5) is 10.6. The second kappa shape index (κ2) is 4.16. The molecule has 0 bridgehead atoms. The van der Waals surface area contributed by atoms with Crippen LogP contribution in [-0.4, -0.2) is 10.2 Å². The van der Waals surface area contributed by atoms with E-state index in [0.29, 0.717) is 5.75 Å². The highest BCUT2D eigenvalue weighted by Crippen LogP contribution is 2.15. The number of hydrogen-bond donors (Lipinski definition) is 1. The summed E-state index contributed by atoms with van der Waals surface area (Å²) in [5, 5.41) is 9.07. The first-order chi connectivity index (χ1) is 5.68. The molecule has 0 aliphatic carbocycles. The second-order valence-electron chi connectivity index (χ2n) is 2.45. The first kappa shape index (κ1) is 9.13. The van der Waals surface area contributed by atoms with E-state index in [-0.39, 0.29) is 10.9 Å². The summed E-state index contributed by atoms with van der Waals surface area (Å²) in [5.41, 5.74) is 1.05. The number of phenolic OH excluding ortho intramolecular Hbond substituents is 1. The Labute approximate surface area is 75.6 Å². The number of hydrogen-bond acceptors (Lipinski definition) is 3. The lowest BCUT2D eigenvalue weighted by Gasteiger charge is -1.97. The summed E-state index contributed by atoms with van der Waals surface area (Å²) in [7, 11) is 0. The van der Waals surface area contributed by atoms with Crippen LogP contribution in [0.1, 0.15) is 12.5 Å². The zero-order chi connectivity index (χ0) is 8.97. The van der Waals surface area contributed by atoms with Crippen molar-refractivity contribution < 1.29 is 9.90 Å². The number of thioether (sulfide) groups is 1. The fourth-order valence-electron chi connectivity index (χ4n) is 0.777. The smallest absolute Gasteiger partial charge is 0.186 e. The largest absolute Gasteiger partial charge is 0.508 e. The number of aromatic hydroxyl groups is 1. The molecule has 0 aliphatic rings. The number of phenols is 1. The Hall–Kier alpha value is -0.960. The van der Waals surface area contributed by atoms with Crippen molar-refractivity contribution in [2.24, 2.45) is 0 Å². The van der Waals surface area contributed by atoms with Crippen molar-refractivity contribution >= 4 is 16.9 Å². The molecule has 0 saturated carbocycles. The highest BCUT2D eigenvalue weighted by molar-refractivity contribution is 8.12. The van der Waals surface area contributed by atoms with Gasteiger partial charge < -0.3 is 5.11 Å². The lowest BCUT2D eigenvalue weighted by molar-refractivity contribution is -0.109. The van der Waals surface area contributed by atoms with Gasteiger partial charge in [-0.1, -0.05) is 23.9 Å². The minimum atomic E-state index is 0.114. The van der Waals surface area contributed by atoms with Crippen LogP contribution in [0.5, 0.6) is 5.75 Å². The third kappa shape index (κ3) is 2.96. The van der Waals surface area contributed by atoms with Gasteiger partial charge in [-0.05, 0) is 17.7 Å². The van der Waals surface area contributed by atoms with Crippen LogP contribution in [0.15, 0.2) is 24.3 Å². The van der Waals surface area contributed by atoms with Crippen molar-refractivity contribution in [1.29, 1.82) is 0 Å². The SMILES string of the molecule is CC(=O)SCc1ccc(O)cc1. The molecule has 0 radical (unpaired) electrons. The predicted octanol–water partition coefficient (Wildman–Crippen LogP) is 2.17. The van der Waals surface area contributed by atoms with Crippen molar-refractivity contribution in [2.75, 3.05) is 0 Å². The van der Waals surface area contributed by atoms with Gasteiger partial charge in [-0.15, -0.1) is 0 Å². The number of benzene rings is 1. The van der Waals surface area contributed by atoms with Crippen molar-refractivity contribution in [3.05, 3.63) is 29.8 Å². The Morgan fingerprint density at radius 1 is 1.42 bits per heavy atom. The molecule has 2 nitrogen and oxygen atoms in total. The average Bonchev–Trinajstić information content (AvgIpc) is 2.03. The van der Waals surface area contributed by atoms with E-state index < -0.39 is 0 Å². The normalized spacial score (nSPS) is 9.75. The molecule has 64 valence electrons. The van der Waals surface area contributed by atoms with E-state index in [2.05, 4.69) is 0 Å². The maximum Gasteiger partial charge on any atom is 0.186 e. The van der Waals surface area contributed by atoms with E-state index in [0.717, 1.165) is 5.56 Å². The van der Waals surface area contributed by atoms with Gasteiger partial charge in [-0.25, -0.2) is 0 Å². The highest BCUT2D eigenvalue weighted by atomic mass is 32.2. The summed E-state index contributed by atoms with van der Waals surface area (Å²) in [6.07, 6.45) is 0. The van der Waals surface area contributed by atoms with Crippen LogP contribution in [0.25, 0.3) is 0 Å². The third-order valence-corrected chi connectivity index (χ3v) is 2.26. The Balaban J connectivity index is 2.53. The molecule has 0 aliphatic heterocycles. The van der Waals surface area contributed by atoms with Crippen LogP contribution in [-0.2, 0) is 10.5 Å². The monoisotopic (exact) mass is 182 g/mol. The van der Waals surface area contributed by atoms with Gasteiger partial charge in [0, 0.05) is 12.7 Å². The zero-order valence-corrected chi connectivity index (χ0v) is 7.60. The number of carbonyl (C=O) groups excluding carboxylic acids is 1. The molecule has 3 heteroatoms. The molecule has 0 atom stereocenters. The Kier molecular flexibility index (Phi) is 3.17. The van der Waals surface area contributed by atoms with Crippen LogP contribution in [0, 0.1) is 0 Å². The molecule has 0 unspecified atom stereocenters. The minimum Gasteiger partial charge on any atom is -0.508 e. The van der Waals surface area contributed by atoms with E-state index in [1.54, 1.807) is 19.1 Å². The zero-order valence-electron chi connectivity index (χ0n) is 6.78. The Morgan fingerprint density at radius 2 is 2.00 bits per heavy atom. The summed E-state index contributed by atoms with van der Waals surface area (Å²) in [6.45, 7) is 1.55. The highest BCUT2D eigenvalue weighted by Gasteiger charge is 1.96. The van der Waals surface area contributed by atoms with E-state index in [4.69, 9.17) is 5.11 Å². The molecule has 1 N–H and O–H groups in total. The lowest BCUT2D eigenvalue weighted by atomic mass is 10.2. The van der Waals surface area contributed by atoms with E-state index in [1.807, 2.05) is 12.1 Å². The maximum absolute atomic E-state index is 10.6. The average molecular weight is 182 g/mol. The lowest BCUT2D eigenvalue weighted by Crippen LogP contribution is -1.84. The van der Waals surface area contributed by atoms with Crippen LogP contribution in [0.2, 0.25) is 0 Å². The molecule has 1 rings (SSSR count). The molecule has 0 heterocycles. The fourth-order valence-corrected chi connectivity index (χ4v) is 1.34. The van der Waals surface area contributed by atoms with Crippen molar-refractivity contribution in [2.45, 2.75) is 12.7 Å². The molecule has 12 heavy (non-hydrogen) atoms. The van der Waals surface area contributed by atoms with Gasteiger partial charge in [0.25, 0.3) is 0 Å². The third-order valence-electron chi connectivity index (χ3n) is 1.38. The molecule has 0 spiro atoms. The number of rotatable bonds is 2.